The third kappa shape index (κ3) is 10.7. The average molecular weight is 632 g/mol. The zero-order valence-electron chi connectivity index (χ0n) is 28.2. The van der Waals surface area contributed by atoms with E-state index in [0.717, 1.165) is 17.9 Å². The largest absolute Gasteiger partial charge is 0.461 e. The lowest BCUT2D eigenvalue weighted by molar-refractivity contribution is -0.148. The molecule has 0 N–H and O–H groups in total. The fourth-order valence-corrected chi connectivity index (χ4v) is 5.85. The topological polar surface area (TPSA) is 101 Å². The summed E-state index contributed by atoms with van der Waals surface area (Å²) in [6, 6.07) is 4.30. The van der Waals surface area contributed by atoms with E-state index in [2.05, 4.69) is 6.92 Å². The molecule has 1 fully saturated rings. The molecule has 1 aliphatic carbocycles. The molecule has 4 atom stereocenters. The molecule has 2 aliphatic rings. The minimum atomic E-state index is -0.651. The highest BCUT2D eigenvalue weighted by Crippen LogP contribution is 2.43. The van der Waals surface area contributed by atoms with Crippen molar-refractivity contribution in [1.29, 1.82) is 0 Å². The normalized spacial score (nSPS) is 24.0. The molecule has 1 saturated heterocycles. The number of hydrogen-bond acceptors (Lipinski definition) is 8. The molecule has 1 amide bonds. The molecule has 1 aromatic rings. The zero-order chi connectivity index (χ0) is 33.6. The van der Waals surface area contributed by atoms with Crippen LogP contribution in [0.3, 0.4) is 0 Å². The first kappa shape index (κ1) is 36.2. The molecule has 0 bridgehead atoms. The Kier molecular flexibility index (Phi) is 12.0. The van der Waals surface area contributed by atoms with E-state index in [4.69, 9.17) is 23.7 Å². The van der Waals surface area contributed by atoms with Gasteiger partial charge in [0.05, 0.1) is 37.7 Å². The molecule has 9 nitrogen and oxygen atoms in total. The van der Waals surface area contributed by atoms with Gasteiger partial charge >= 0.3 is 12.1 Å². The van der Waals surface area contributed by atoms with Crippen LogP contribution in [-0.2, 0) is 28.5 Å². The van der Waals surface area contributed by atoms with Gasteiger partial charge in [0.1, 0.15) is 17.8 Å². The van der Waals surface area contributed by atoms with Crippen molar-refractivity contribution in [2.45, 2.75) is 117 Å². The summed E-state index contributed by atoms with van der Waals surface area (Å²) in [7, 11) is 0. The van der Waals surface area contributed by atoms with Crippen LogP contribution < -0.4 is 4.74 Å². The Morgan fingerprint density at radius 3 is 2.38 bits per heavy atom. The van der Waals surface area contributed by atoms with Crippen molar-refractivity contribution < 1.29 is 42.5 Å². The van der Waals surface area contributed by atoms with E-state index in [0.29, 0.717) is 37.9 Å². The van der Waals surface area contributed by atoms with E-state index in [1.807, 2.05) is 33.8 Å². The molecular weight excluding hydrogens is 581 g/mol. The van der Waals surface area contributed by atoms with Gasteiger partial charge in [-0.15, -0.1) is 0 Å². The molecule has 1 heterocycles. The highest BCUT2D eigenvalue weighted by atomic mass is 19.1. The van der Waals surface area contributed by atoms with Crippen molar-refractivity contribution in [3.05, 3.63) is 48.0 Å². The highest BCUT2D eigenvalue weighted by molar-refractivity contribution is 5.82. The first-order valence-electron chi connectivity index (χ1n) is 15.6. The summed E-state index contributed by atoms with van der Waals surface area (Å²) in [5.41, 5.74) is -0.216. The van der Waals surface area contributed by atoms with Crippen LogP contribution in [0.25, 0.3) is 5.57 Å². The van der Waals surface area contributed by atoms with Crippen LogP contribution in [0.1, 0.15) is 93.6 Å². The van der Waals surface area contributed by atoms with Gasteiger partial charge in [0.25, 0.3) is 0 Å². The zero-order valence-corrected chi connectivity index (χ0v) is 28.2. The highest BCUT2D eigenvalue weighted by Gasteiger charge is 2.51. The lowest BCUT2D eigenvalue weighted by Gasteiger charge is -2.37. The number of carbonyl (C=O) groups is 3. The number of rotatable bonds is 11. The second-order valence-corrected chi connectivity index (χ2v) is 14.3. The second-order valence-electron chi connectivity index (χ2n) is 14.3. The molecule has 0 spiro atoms. The first-order valence-corrected chi connectivity index (χ1v) is 15.6. The third-order valence-corrected chi connectivity index (χ3v) is 7.68. The molecule has 250 valence electrons. The molecule has 4 unspecified atom stereocenters. The predicted molar refractivity (Wildman–Crippen MR) is 169 cm³/mol. The van der Waals surface area contributed by atoms with Crippen molar-refractivity contribution in [3.63, 3.8) is 0 Å². The Bertz CT molecular complexity index is 1280. The SMILES string of the molecule is CC(=O)COCC1(C)CC(C)N(C(=O)OC(C)(C)C)C1COC1CC=C(c2cccc(F)c2O/C=C/C(=O)OC(C)(C)C)CC1. The Hall–Kier alpha value is -3.24. The average Bonchev–Trinajstić information content (AvgIpc) is 3.15. The number of likely N-dealkylation sites (tertiary alicyclic amines) is 1. The number of ether oxygens (including phenoxy) is 5. The fourth-order valence-electron chi connectivity index (χ4n) is 5.85. The van der Waals surface area contributed by atoms with Crippen LogP contribution in [0.15, 0.2) is 36.6 Å². The Labute approximate surface area is 267 Å². The number of allylic oxidation sites excluding steroid dienone is 1. The van der Waals surface area contributed by atoms with E-state index in [1.165, 1.54) is 13.0 Å². The van der Waals surface area contributed by atoms with Gasteiger partial charge < -0.3 is 23.7 Å². The quantitative estimate of drug-likeness (QED) is 0.146. The Morgan fingerprint density at radius 2 is 1.78 bits per heavy atom. The van der Waals surface area contributed by atoms with E-state index in [-0.39, 0.29) is 42.9 Å². The number of Topliss-reactive ketones (excluding diaryl/α,β-unsaturated/α-hetero) is 1. The number of para-hydroxylation sites is 1. The number of benzene rings is 1. The van der Waals surface area contributed by atoms with Crippen LogP contribution in [-0.4, -0.2) is 72.0 Å². The Morgan fingerprint density at radius 1 is 1.09 bits per heavy atom. The summed E-state index contributed by atoms with van der Waals surface area (Å²) in [5.74, 6) is -1.14. The summed E-state index contributed by atoms with van der Waals surface area (Å²) in [6.07, 6.45) is 6.35. The van der Waals surface area contributed by atoms with Crippen LogP contribution in [0.2, 0.25) is 0 Å². The van der Waals surface area contributed by atoms with Crippen molar-refractivity contribution in [1.82, 2.24) is 4.90 Å². The Balaban J connectivity index is 1.71. The third-order valence-electron chi connectivity index (χ3n) is 7.68. The lowest BCUT2D eigenvalue weighted by Crippen LogP contribution is -2.50. The smallest absolute Gasteiger partial charge is 0.410 e. The molecule has 1 aliphatic heterocycles. The maximum absolute atomic E-state index is 14.8. The van der Waals surface area contributed by atoms with Gasteiger partial charge in [0.2, 0.25) is 0 Å². The van der Waals surface area contributed by atoms with Crippen LogP contribution >= 0.6 is 0 Å². The van der Waals surface area contributed by atoms with Gasteiger partial charge in [-0.1, -0.05) is 25.1 Å². The summed E-state index contributed by atoms with van der Waals surface area (Å²) in [4.78, 5) is 38.6. The standard InChI is InChI=1S/C35H50FNO8/c1-23-19-35(9,22-41-20-24(2)38)29(37(23)32(40)45-34(6,7)8)21-43-26-15-13-25(14-16-26)27-11-10-12-28(36)31(27)42-18-17-30(39)44-33(3,4)5/h10-13,17-18,23,26,29H,14-16,19-22H2,1-9H3/b18-17+. The fraction of sp³-hybridized carbons (Fsp3) is 0.629. The molecule has 1 aromatic carbocycles. The van der Waals surface area contributed by atoms with Gasteiger partial charge in [-0.05, 0) is 92.7 Å². The monoisotopic (exact) mass is 631 g/mol. The van der Waals surface area contributed by atoms with Gasteiger partial charge in [-0.3, -0.25) is 9.69 Å². The molecule has 0 aromatic heterocycles. The lowest BCUT2D eigenvalue weighted by atomic mass is 9.82. The van der Waals surface area contributed by atoms with Gasteiger partial charge in [0, 0.05) is 17.0 Å². The number of carbonyl (C=O) groups excluding carboxylic acids is 3. The first-order chi connectivity index (χ1) is 20.9. The number of esters is 1. The maximum Gasteiger partial charge on any atom is 0.410 e. The number of halogens is 1. The summed E-state index contributed by atoms with van der Waals surface area (Å²) in [6.45, 7) is 16.9. The molecular formula is C35H50FNO8. The van der Waals surface area contributed by atoms with Crippen molar-refractivity contribution in [2.24, 2.45) is 5.41 Å². The minimum absolute atomic E-state index is 0.0166. The van der Waals surface area contributed by atoms with Crippen molar-refractivity contribution in [2.75, 3.05) is 19.8 Å². The van der Waals surface area contributed by atoms with Crippen LogP contribution in [0.5, 0.6) is 5.75 Å². The molecule has 10 heteroatoms. The predicted octanol–water partition coefficient (Wildman–Crippen LogP) is 7.02. The second kappa shape index (κ2) is 14.9. The number of amides is 1. The van der Waals surface area contributed by atoms with Gasteiger partial charge in [-0.2, -0.15) is 0 Å². The number of ketones is 1. The molecule has 0 saturated carbocycles. The maximum atomic E-state index is 14.8. The van der Waals surface area contributed by atoms with E-state index in [9.17, 15) is 18.8 Å². The van der Waals surface area contributed by atoms with Crippen LogP contribution in [0.4, 0.5) is 9.18 Å². The van der Waals surface area contributed by atoms with E-state index >= 15 is 0 Å². The van der Waals surface area contributed by atoms with Crippen molar-refractivity contribution in [3.8, 4) is 5.75 Å². The van der Waals surface area contributed by atoms with E-state index < -0.39 is 34.5 Å². The minimum Gasteiger partial charge on any atom is -0.461 e. The van der Waals surface area contributed by atoms with E-state index in [1.54, 1.807) is 37.8 Å². The summed E-state index contributed by atoms with van der Waals surface area (Å²) >= 11 is 0. The number of nitrogens with zero attached hydrogens (tertiary/aromatic N) is 1. The molecule has 45 heavy (non-hydrogen) atoms. The molecule has 0 radical (unpaired) electrons. The molecule has 3 rings (SSSR count). The van der Waals surface area contributed by atoms with Crippen molar-refractivity contribution >= 4 is 23.4 Å². The summed E-state index contributed by atoms with van der Waals surface area (Å²) < 4.78 is 43.6. The van der Waals surface area contributed by atoms with Gasteiger partial charge in [-0.25, -0.2) is 14.0 Å². The van der Waals surface area contributed by atoms with Crippen LogP contribution in [0, 0.1) is 11.2 Å². The number of hydrogen-bond donors (Lipinski definition) is 0. The summed E-state index contributed by atoms with van der Waals surface area (Å²) in [5, 5.41) is 0. The van der Waals surface area contributed by atoms with Gasteiger partial charge in [0.15, 0.2) is 17.3 Å².